The fourth-order valence-electron chi connectivity index (χ4n) is 2.91. The van der Waals surface area contributed by atoms with Gasteiger partial charge in [-0.25, -0.2) is 0 Å². The molecule has 1 aromatic carbocycles. The summed E-state index contributed by atoms with van der Waals surface area (Å²) in [5.74, 6) is -0.782. The molecule has 1 fully saturated rings. The molecule has 0 heterocycles. The van der Waals surface area contributed by atoms with Gasteiger partial charge in [0, 0.05) is 29.3 Å². The van der Waals surface area contributed by atoms with Crippen LogP contribution in [0.25, 0.3) is 0 Å². The highest BCUT2D eigenvalue weighted by Gasteiger charge is 2.38. The lowest BCUT2D eigenvalue weighted by atomic mass is 9.64. The summed E-state index contributed by atoms with van der Waals surface area (Å²) in [6.45, 7) is 0.668. The minimum absolute atomic E-state index is 0.0201. The number of hydrogen-bond acceptors (Lipinski definition) is 2. The van der Waals surface area contributed by atoms with Crippen molar-refractivity contribution in [1.29, 1.82) is 0 Å². The van der Waals surface area contributed by atoms with E-state index in [4.69, 9.17) is 5.11 Å². The highest BCUT2D eigenvalue weighted by atomic mass is 79.9. The highest BCUT2D eigenvalue weighted by Crippen LogP contribution is 2.43. The van der Waals surface area contributed by atoms with E-state index in [1.165, 1.54) is 12.0 Å². The molecule has 0 atom stereocenters. The molecule has 0 radical (unpaired) electrons. The standard InChI is InChI=1S/C17H22BrNO3/c18-14-6-3-5-13(11-14)17(9-4-10-17)12-19-15(20)7-1-2-8-16(21)22/h3,5-6,11H,1-2,4,7-10,12H2,(H,19,20)(H,21,22). The minimum Gasteiger partial charge on any atom is -0.481 e. The average Bonchev–Trinajstić information content (AvgIpc) is 2.42. The van der Waals surface area contributed by atoms with Crippen LogP contribution in [-0.2, 0) is 15.0 Å². The van der Waals surface area contributed by atoms with Crippen molar-refractivity contribution < 1.29 is 14.7 Å². The number of carbonyl (C=O) groups excluding carboxylic acids is 1. The minimum atomic E-state index is -0.802. The summed E-state index contributed by atoms with van der Waals surface area (Å²) in [5, 5.41) is 11.6. The maximum atomic E-state index is 11.9. The van der Waals surface area contributed by atoms with Gasteiger partial charge in [0.1, 0.15) is 0 Å². The van der Waals surface area contributed by atoms with Gasteiger partial charge in [-0.15, -0.1) is 0 Å². The second-order valence-corrected chi connectivity index (χ2v) is 6.94. The molecule has 22 heavy (non-hydrogen) atoms. The SMILES string of the molecule is O=C(O)CCCCC(=O)NCC1(c2cccc(Br)c2)CCC1. The zero-order chi connectivity index (χ0) is 16.0. The Hall–Kier alpha value is -1.36. The number of rotatable bonds is 8. The van der Waals surface area contributed by atoms with Gasteiger partial charge >= 0.3 is 5.97 Å². The summed E-state index contributed by atoms with van der Waals surface area (Å²) in [5.41, 5.74) is 1.35. The van der Waals surface area contributed by atoms with Gasteiger partial charge in [-0.3, -0.25) is 9.59 Å². The number of nitrogens with one attached hydrogen (secondary N) is 1. The van der Waals surface area contributed by atoms with Crippen molar-refractivity contribution in [1.82, 2.24) is 5.32 Å². The van der Waals surface area contributed by atoms with Gasteiger partial charge in [0.25, 0.3) is 0 Å². The van der Waals surface area contributed by atoms with E-state index in [2.05, 4.69) is 33.4 Å². The Labute approximate surface area is 139 Å². The first-order valence-corrected chi connectivity index (χ1v) is 8.56. The Morgan fingerprint density at radius 1 is 1.23 bits per heavy atom. The third-order valence-corrected chi connectivity index (χ3v) is 4.91. The topological polar surface area (TPSA) is 66.4 Å². The molecule has 0 bridgehead atoms. The lowest BCUT2D eigenvalue weighted by molar-refractivity contribution is -0.137. The first kappa shape index (κ1) is 17.0. The predicted octanol–water partition coefficient (Wildman–Crippen LogP) is 3.63. The van der Waals surface area contributed by atoms with Gasteiger partial charge in [0.15, 0.2) is 0 Å². The van der Waals surface area contributed by atoms with Crippen molar-refractivity contribution in [2.45, 2.75) is 50.4 Å². The number of hydrogen-bond donors (Lipinski definition) is 2. The lowest BCUT2D eigenvalue weighted by Gasteiger charge is -2.42. The molecule has 2 N–H and O–H groups in total. The molecule has 0 spiro atoms. The van der Waals surface area contributed by atoms with E-state index in [1.54, 1.807) is 0 Å². The van der Waals surface area contributed by atoms with Gasteiger partial charge in [0.2, 0.25) is 5.91 Å². The molecule has 1 saturated carbocycles. The molecule has 0 unspecified atom stereocenters. The molecule has 2 rings (SSSR count). The number of halogens is 1. The second kappa shape index (κ2) is 7.77. The van der Waals surface area contributed by atoms with E-state index in [0.29, 0.717) is 25.8 Å². The van der Waals surface area contributed by atoms with Crippen molar-refractivity contribution in [2.24, 2.45) is 0 Å². The summed E-state index contributed by atoms with van der Waals surface area (Å²) >= 11 is 3.51. The van der Waals surface area contributed by atoms with Gasteiger partial charge in [0.05, 0.1) is 0 Å². The number of amides is 1. The quantitative estimate of drug-likeness (QED) is 0.689. The molecule has 1 aliphatic carbocycles. The van der Waals surface area contributed by atoms with E-state index in [9.17, 15) is 9.59 Å². The monoisotopic (exact) mass is 367 g/mol. The maximum Gasteiger partial charge on any atom is 0.303 e. The smallest absolute Gasteiger partial charge is 0.303 e. The Morgan fingerprint density at radius 2 is 1.95 bits per heavy atom. The van der Waals surface area contributed by atoms with Crippen molar-refractivity contribution in [3.63, 3.8) is 0 Å². The van der Waals surface area contributed by atoms with Crippen LogP contribution in [0.1, 0.15) is 50.5 Å². The summed E-state index contributed by atoms with van der Waals surface area (Å²) < 4.78 is 1.07. The average molecular weight is 368 g/mol. The predicted molar refractivity (Wildman–Crippen MR) is 88.8 cm³/mol. The zero-order valence-corrected chi connectivity index (χ0v) is 14.2. The summed E-state index contributed by atoms with van der Waals surface area (Å²) in [6, 6.07) is 8.31. The maximum absolute atomic E-state index is 11.9. The Bertz CT molecular complexity index is 540. The van der Waals surface area contributed by atoms with E-state index >= 15 is 0 Å². The molecule has 5 heteroatoms. The molecule has 120 valence electrons. The number of benzene rings is 1. The molecule has 0 aromatic heterocycles. The van der Waals surface area contributed by atoms with Gasteiger partial charge in [-0.1, -0.05) is 34.5 Å². The molecule has 1 amide bonds. The van der Waals surface area contributed by atoms with Crippen LogP contribution in [0, 0.1) is 0 Å². The largest absolute Gasteiger partial charge is 0.481 e. The number of carbonyl (C=O) groups is 2. The van der Waals surface area contributed by atoms with E-state index < -0.39 is 5.97 Å². The van der Waals surface area contributed by atoms with E-state index in [0.717, 1.165) is 17.3 Å². The third-order valence-electron chi connectivity index (χ3n) is 4.42. The van der Waals surface area contributed by atoms with Gasteiger partial charge in [-0.05, 0) is 43.4 Å². The lowest BCUT2D eigenvalue weighted by Crippen LogP contribution is -2.45. The van der Waals surface area contributed by atoms with Crippen LogP contribution >= 0.6 is 15.9 Å². The molecule has 0 aliphatic heterocycles. The molecule has 4 nitrogen and oxygen atoms in total. The zero-order valence-electron chi connectivity index (χ0n) is 12.6. The van der Waals surface area contributed by atoms with Crippen LogP contribution in [0.3, 0.4) is 0 Å². The van der Waals surface area contributed by atoms with Crippen LogP contribution in [-0.4, -0.2) is 23.5 Å². The first-order valence-electron chi connectivity index (χ1n) is 7.76. The second-order valence-electron chi connectivity index (χ2n) is 6.02. The van der Waals surface area contributed by atoms with Crippen LogP contribution in [0.5, 0.6) is 0 Å². The Balaban J connectivity index is 1.81. The van der Waals surface area contributed by atoms with Crippen LogP contribution in [0.4, 0.5) is 0 Å². The Kier molecular flexibility index (Phi) is 6.00. The molecule has 0 saturated heterocycles. The van der Waals surface area contributed by atoms with Crippen molar-refractivity contribution in [3.8, 4) is 0 Å². The third kappa shape index (κ3) is 4.57. The molecule has 1 aromatic rings. The van der Waals surface area contributed by atoms with Crippen LogP contribution in [0.2, 0.25) is 0 Å². The fourth-order valence-corrected chi connectivity index (χ4v) is 3.31. The summed E-state index contributed by atoms with van der Waals surface area (Å²) in [6.07, 6.45) is 5.12. The molecule has 1 aliphatic rings. The number of carboxylic acids is 1. The van der Waals surface area contributed by atoms with Gasteiger partial charge in [-0.2, -0.15) is 0 Å². The molecular formula is C17H22BrNO3. The first-order chi connectivity index (χ1) is 10.5. The number of aliphatic carboxylic acids is 1. The van der Waals surface area contributed by atoms with Crippen molar-refractivity contribution in [3.05, 3.63) is 34.3 Å². The molecular weight excluding hydrogens is 346 g/mol. The van der Waals surface area contributed by atoms with Crippen molar-refractivity contribution >= 4 is 27.8 Å². The van der Waals surface area contributed by atoms with Gasteiger partial charge < -0.3 is 10.4 Å². The van der Waals surface area contributed by atoms with E-state index in [1.807, 2.05) is 12.1 Å². The number of unbranched alkanes of at least 4 members (excludes halogenated alkanes) is 1. The fraction of sp³-hybridized carbons (Fsp3) is 0.529. The Morgan fingerprint density at radius 3 is 2.55 bits per heavy atom. The van der Waals surface area contributed by atoms with Crippen LogP contribution < -0.4 is 5.32 Å². The van der Waals surface area contributed by atoms with Crippen LogP contribution in [0.15, 0.2) is 28.7 Å². The number of carboxylic acid groups (broad SMARTS) is 1. The normalized spacial score (nSPS) is 15.9. The summed E-state index contributed by atoms with van der Waals surface area (Å²) in [7, 11) is 0. The summed E-state index contributed by atoms with van der Waals surface area (Å²) in [4.78, 5) is 22.3. The highest BCUT2D eigenvalue weighted by molar-refractivity contribution is 9.10. The van der Waals surface area contributed by atoms with Crippen molar-refractivity contribution in [2.75, 3.05) is 6.54 Å². The van der Waals surface area contributed by atoms with E-state index in [-0.39, 0.29) is 17.7 Å².